The van der Waals surface area contributed by atoms with E-state index in [0.29, 0.717) is 0 Å². The quantitative estimate of drug-likeness (QED) is 0.841. The predicted molar refractivity (Wildman–Crippen MR) is 80.7 cm³/mol. The Labute approximate surface area is 119 Å². The summed E-state index contributed by atoms with van der Waals surface area (Å²) in [4.78, 5) is 5.17. The summed E-state index contributed by atoms with van der Waals surface area (Å²) in [6, 6.07) is 9.42. The molecule has 0 bridgehead atoms. The molecule has 1 aromatic carbocycles. The van der Waals surface area contributed by atoms with Crippen molar-refractivity contribution in [1.82, 2.24) is 9.80 Å². The largest absolute Gasteiger partial charge is 0.298 e. The van der Waals surface area contributed by atoms with Crippen molar-refractivity contribution < 1.29 is 0 Å². The van der Waals surface area contributed by atoms with E-state index in [0.717, 1.165) is 17.1 Å². The average Bonchev–Trinajstić information content (AvgIpc) is 2.41. The Bertz CT molecular complexity index is 355. The summed E-state index contributed by atoms with van der Waals surface area (Å²) in [5, 5.41) is 0. The van der Waals surface area contributed by atoms with Crippen LogP contribution in [0.25, 0.3) is 0 Å². The summed E-state index contributed by atoms with van der Waals surface area (Å²) < 4.78 is 1.16. The number of halogens is 1. The van der Waals surface area contributed by atoms with E-state index in [9.17, 15) is 0 Å². The number of hydrogen-bond acceptors (Lipinski definition) is 2. The van der Waals surface area contributed by atoms with E-state index in [4.69, 9.17) is 0 Å². The fourth-order valence-corrected chi connectivity index (χ4v) is 2.73. The highest BCUT2D eigenvalue weighted by Crippen LogP contribution is 2.14. The van der Waals surface area contributed by atoms with Gasteiger partial charge in [-0.05, 0) is 31.0 Å². The van der Waals surface area contributed by atoms with Crippen molar-refractivity contribution in [2.75, 3.05) is 26.2 Å². The van der Waals surface area contributed by atoms with Crippen LogP contribution in [0.1, 0.15) is 25.8 Å². The highest BCUT2D eigenvalue weighted by atomic mass is 79.9. The molecule has 18 heavy (non-hydrogen) atoms. The fraction of sp³-hybridized carbons (Fsp3) is 0.600. The van der Waals surface area contributed by atoms with Crippen LogP contribution in [-0.4, -0.2) is 42.0 Å². The number of piperazine rings is 1. The van der Waals surface area contributed by atoms with Crippen molar-refractivity contribution in [3.05, 3.63) is 34.3 Å². The van der Waals surface area contributed by atoms with Gasteiger partial charge in [0.2, 0.25) is 0 Å². The van der Waals surface area contributed by atoms with Crippen LogP contribution < -0.4 is 0 Å². The number of hydrogen-bond donors (Lipinski definition) is 0. The monoisotopic (exact) mass is 310 g/mol. The Morgan fingerprint density at radius 1 is 1.11 bits per heavy atom. The lowest BCUT2D eigenvalue weighted by atomic mass is 10.1. The Morgan fingerprint density at radius 3 is 2.28 bits per heavy atom. The third kappa shape index (κ3) is 3.81. The lowest BCUT2D eigenvalue weighted by Gasteiger charge is -2.37. The predicted octanol–water partition coefficient (Wildman–Crippen LogP) is 3.37. The average molecular weight is 311 g/mol. The van der Waals surface area contributed by atoms with Crippen molar-refractivity contribution in [2.24, 2.45) is 0 Å². The van der Waals surface area contributed by atoms with E-state index in [2.05, 4.69) is 63.8 Å². The van der Waals surface area contributed by atoms with Gasteiger partial charge in [-0.25, -0.2) is 0 Å². The van der Waals surface area contributed by atoms with Gasteiger partial charge in [-0.15, -0.1) is 0 Å². The minimum atomic E-state index is 0.736. The Hall–Kier alpha value is -0.380. The first kappa shape index (κ1) is 14.0. The van der Waals surface area contributed by atoms with Crippen LogP contribution in [0.5, 0.6) is 0 Å². The maximum absolute atomic E-state index is 3.48. The van der Waals surface area contributed by atoms with Crippen LogP contribution in [-0.2, 0) is 6.54 Å². The molecule has 0 unspecified atom stereocenters. The molecule has 1 saturated heterocycles. The molecule has 100 valence electrons. The zero-order chi connectivity index (χ0) is 13.0. The molecule has 2 rings (SSSR count). The summed E-state index contributed by atoms with van der Waals surface area (Å²) in [6.07, 6.45) is 1.26. The van der Waals surface area contributed by atoms with Crippen molar-refractivity contribution in [2.45, 2.75) is 32.9 Å². The van der Waals surface area contributed by atoms with E-state index in [-0.39, 0.29) is 0 Å². The van der Waals surface area contributed by atoms with Gasteiger partial charge in [0.25, 0.3) is 0 Å². The lowest BCUT2D eigenvalue weighted by Crippen LogP contribution is -2.48. The molecule has 0 saturated carbocycles. The molecule has 0 aliphatic carbocycles. The van der Waals surface area contributed by atoms with Gasteiger partial charge in [-0.3, -0.25) is 9.80 Å². The third-order valence-corrected chi connectivity index (χ3v) is 4.47. The van der Waals surface area contributed by atoms with Gasteiger partial charge < -0.3 is 0 Å². The highest BCUT2D eigenvalue weighted by Gasteiger charge is 2.19. The molecule has 1 aliphatic heterocycles. The molecule has 0 spiro atoms. The topological polar surface area (TPSA) is 6.48 Å². The number of benzene rings is 1. The van der Waals surface area contributed by atoms with Gasteiger partial charge in [0.05, 0.1) is 0 Å². The molecule has 3 heteroatoms. The molecule has 0 aromatic heterocycles. The molecule has 1 fully saturated rings. The van der Waals surface area contributed by atoms with Gasteiger partial charge >= 0.3 is 0 Å². The second-order valence-corrected chi connectivity index (χ2v) is 6.11. The van der Waals surface area contributed by atoms with E-state index >= 15 is 0 Å². The maximum Gasteiger partial charge on any atom is 0.0234 e. The van der Waals surface area contributed by atoms with Crippen LogP contribution >= 0.6 is 15.9 Å². The minimum absolute atomic E-state index is 0.736. The molecule has 1 aromatic rings. The summed E-state index contributed by atoms with van der Waals surface area (Å²) >= 11 is 3.48. The van der Waals surface area contributed by atoms with Gasteiger partial charge in [0.15, 0.2) is 0 Å². The molecule has 0 amide bonds. The second kappa shape index (κ2) is 6.69. The van der Waals surface area contributed by atoms with Gasteiger partial charge in [0.1, 0.15) is 0 Å². The van der Waals surface area contributed by atoms with Gasteiger partial charge in [-0.2, -0.15) is 0 Å². The summed E-state index contributed by atoms with van der Waals surface area (Å²) in [6.45, 7) is 10.5. The van der Waals surface area contributed by atoms with E-state index in [1.54, 1.807) is 0 Å². The summed E-state index contributed by atoms with van der Waals surface area (Å²) in [7, 11) is 0. The first-order valence-corrected chi connectivity index (χ1v) is 7.69. The molecule has 1 aliphatic rings. The minimum Gasteiger partial charge on any atom is -0.298 e. The Morgan fingerprint density at radius 2 is 1.72 bits per heavy atom. The van der Waals surface area contributed by atoms with Crippen LogP contribution in [0.2, 0.25) is 0 Å². The fourth-order valence-electron chi connectivity index (χ4n) is 2.47. The first-order chi connectivity index (χ1) is 8.69. The zero-order valence-electron chi connectivity index (χ0n) is 11.4. The van der Waals surface area contributed by atoms with Crippen molar-refractivity contribution in [3.63, 3.8) is 0 Å². The highest BCUT2D eigenvalue weighted by molar-refractivity contribution is 9.10. The van der Waals surface area contributed by atoms with Crippen LogP contribution in [0, 0.1) is 0 Å². The Kier molecular flexibility index (Phi) is 5.22. The number of nitrogens with zero attached hydrogens (tertiary/aromatic N) is 2. The molecular weight excluding hydrogens is 288 g/mol. The summed E-state index contributed by atoms with van der Waals surface area (Å²) in [5.74, 6) is 0. The molecule has 1 heterocycles. The maximum atomic E-state index is 3.48. The van der Waals surface area contributed by atoms with Crippen molar-refractivity contribution in [1.29, 1.82) is 0 Å². The second-order valence-electron chi connectivity index (χ2n) is 5.20. The standard InChI is InChI=1S/C15H23BrN2/c1-3-13(2)18-10-8-17(9-11-18)12-14-4-6-15(16)7-5-14/h4-7,13H,3,8-12H2,1-2H3/t13-/m1/s1. The lowest BCUT2D eigenvalue weighted by molar-refractivity contribution is 0.0964. The van der Waals surface area contributed by atoms with Crippen LogP contribution in [0.4, 0.5) is 0 Å². The SMILES string of the molecule is CC[C@@H](C)N1CCN(Cc2ccc(Br)cc2)CC1. The molecule has 2 nitrogen and oxygen atoms in total. The van der Waals surface area contributed by atoms with Crippen LogP contribution in [0.15, 0.2) is 28.7 Å². The first-order valence-electron chi connectivity index (χ1n) is 6.90. The number of rotatable bonds is 4. The Balaban J connectivity index is 1.81. The molecule has 0 radical (unpaired) electrons. The van der Waals surface area contributed by atoms with Gasteiger partial charge in [0, 0.05) is 43.2 Å². The normalized spacial score (nSPS) is 19.9. The molecule has 0 N–H and O–H groups in total. The third-order valence-electron chi connectivity index (χ3n) is 3.94. The van der Waals surface area contributed by atoms with E-state index in [1.807, 2.05) is 0 Å². The molecular formula is C15H23BrN2. The van der Waals surface area contributed by atoms with Crippen molar-refractivity contribution >= 4 is 15.9 Å². The smallest absolute Gasteiger partial charge is 0.0234 e. The van der Waals surface area contributed by atoms with E-state index in [1.165, 1.54) is 38.2 Å². The van der Waals surface area contributed by atoms with Crippen LogP contribution in [0.3, 0.4) is 0 Å². The molecule has 1 atom stereocenters. The van der Waals surface area contributed by atoms with E-state index < -0.39 is 0 Å². The summed E-state index contributed by atoms with van der Waals surface area (Å²) in [5.41, 5.74) is 1.41. The zero-order valence-corrected chi connectivity index (χ0v) is 13.0. The van der Waals surface area contributed by atoms with Gasteiger partial charge in [-0.1, -0.05) is 35.0 Å². The van der Waals surface area contributed by atoms with Crippen molar-refractivity contribution in [3.8, 4) is 0 Å².